The fraction of sp³-hybridized carbons (Fsp3) is 0.200. The monoisotopic (exact) mass is 295 g/mol. The van der Waals surface area contributed by atoms with Gasteiger partial charge >= 0.3 is 0 Å². The summed E-state index contributed by atoms with van der Waals surface area (Å²) < 4.78 is 5.58. The van der Waals surface area contributed by atoms with Gasteiger partial charge in [0.05, 0.1) is 5.02 Å². The van der Waals surface area contributed by atoms with Crippen molar-refractivity contribution in [3.8, 4) is 5.75 Å². The summed E-state index contributed by atoms with van der Waals surface area (Å²) in [7, 11) is 0. The molecule has 0 aliphatic carbocycles. The maximum absolute atomic E-state index is 6.01. The summed E-state index contributed by atoms with van der Waals surface area (Å²) in [6.45, 7) is 2.15. The van der Waals surface area contributed by atoms with Gasteiger partial charge in [0, 0.05) is 18.1 Å². The van der Waals surface area contributed by atoms with Crippen molar-refractivity contribution in [2.45, 2.75) is 6.54 Å². The highest BCUT2D eigenvalue weighted by atomic mass is 35.5. The number of benzene rings is 2. The summed E-state index contributed by atoms with van der Waals surface area (Å²) in [4.78, 5) is 0. The summed E-state index contributed by atoms with van der Waals surface area (Å²) in [5, 5.41) is 4.46. The van der Waals surface area contributed by atoms with Crippen molar-refractivity contribution in [3.63, 3.8) is 0 Å². The number of hydrogen-bond donors (Lipinski definition) is 1. The lowest BCUT2D eigenvalue weighted by atomic mass is 10.2. The Balaban J connectivity index is 1.69. The molecule has 19 heavy (non-hydrogen) atoms. The van der Waals surface area contributed by atoms with E-state index in [9.17, 15) is 0 Å². The van der Waals surface area contributed by atoms with Crippen LogP contribution in [0.15, 0.2) is 48.5 Å². The van der Waals surface area contributed by atoms with Crippen molar-refractivity contribution in [1.29, 1.82) is 0 Å². The van der Waals surface area contributed by atoms with Crippen LogP contribution in [0.4, 0.5) is 0 Å². The summed E-state index contributed by atoms with van der Waals surface area (Å²) in [6.07, 6.45) is 0. The Morgan fingerprint density at radius 3 is 2.53 bits per heavy atom. The van der Waals surface area contributed by atoms with Crippen LogP contribution in [-0.2, 0) is 6.54 Å². The van der Waals surface area contributed by atoms with Crippen LogP contribution in [0.5, 0.6) is 5.75 Å². The molecule has 0 aliphatic rings. The summed E-state index contributed by atoms with van der Waals surface area (Å²) >= 11 is 11.8. The Hall–Kier alpha value is -1.22. The molecule has 0 bridgehead atoms. The van der Waals surface area contributed by atoms with E-state index in [-0.39, 0.29) is 0 Å². The Morgan fingerprint density at radius 1 is 1.00 bits per heavy atom. The van der Waals surface area contributed by atoms with Gasteiger partial charge in [0.15, 0.2) is 0 Å². The highest BCUT2D eigenvalue weighted by Gasteiger charge is 2.01. The van der Waals surface area contributed by atoms with Crippen LogP contribution in [-0.4, -0.2) is 13.2 Å². The zero-order chi connectivity index (χ0) is 13.5. The minimum atomic E-state index is 0.538. The highest BCUT2D eigenvalue weighted by molar-refractivity contribution is 6.35. The van der Waals surface area contributed by atoms with E-state index in [4.69, 9.17) is 27.9 Å². The third kappa shape index (κ3) is 4.75. The molecule has 0 saturated heterocycles. The summed E-state index contributed by atoms with van der Waals surface area (Å²) in [5.41, 5.74) is 1.26. The van der Waals surface area contributed by atoms with Crippen LogP contribution in [0.1, 0.15) is 5.56 Å². The van der Waals surface area contributed by atoms with Crippen LogP contribution in [0.3, 0.4) is 0 Å². The molecule has 0 aromatic heterocycles. The topological polar surface area (TPSA) is 21.3 Å². The molecule has 100 valence electrons. The van der Waals surface area contributed by atoms with Crippen molar-refractivity contribution in [3.05, 3.63) is 64.1 Å². The number of rotatable bonds is 6. The van der Waals surface area contributed by atoms with E-state index in [0.717, 1.165) is 13.1 Å². The quantitative estimate of drug-likeness (QED) is 0.808. The molecule has 0 radical (unpaired) electrons. The maximum Gasteiger partial charge on any atom is 0.138 e. The van der Waals surface area contributed by atoms with E-state index in [2.05, 4.69) is 17.4 Å². The lowest BCUT2D eigenvalue weighted by Gasteiger charge is -2.09. The van der Waals surface area contributed by atoms with Crippen molar-refractivity contribution in [2.75, 3.05) is 13.2 Å². The Kier molecular flexibility index (Phi) is 5.52. The predicted molar refractivity (Wildman–Crippen MR) is 80.1 cm³/mol. The van der Waals surface area contributed by atoms with Gasteiger partial charge in [0.2, 0.25) is 0 Å². The average molecular weight is 296 g/mol. The van der Waals surface area contributed by atoms with Gasteiger partial charge in [-0.05, 0) is 23.8 Å². The Bertz CT molecular complexity index is 517. The maximum atomic E-state index is 6.01. The molecule has 0 fully saturated rings. The van der Waals surface area contributed by atoms with Gasteiger partial charge < -0.3 is 10.1 Å². The number of halogens is 2. The Morgan fingerprint density at radius 2 is 1.79 bits per heavy atom. The van der Waals surface area contributed by atoms with Gasteiger partial charge in [-0.2, -0.15) is 0 Å². The molecule has 0 saturated carbocycles. The van der Waals surface area contributed by atoms with Gasteiger partial charge in [-0.1, -0.05) is 53.5 Å². The van der Waals surface area contributed by atoms with E-state index < -0.39 is 0 Å². The van der Waals surface area contributed by atoms with Crippen LogP contribution in [0.2, 0.25) is 10.0 Å². The molecular weight excluding hydrogens is 281 g/mol. The molecule has 2 nitrogen and oxygen atoms in total. The predicted octanol–water partition coefficient (Wildman–Crippen LogP) is 4.16. The molecule has 0 unspecified atom stereocenters. The smallest absolute Gasteiger partial charge is 0.138 e. The summed E-state index contributed by atoms with van der Waals surface area (Å²) in [6, 6.07) is 15.5. The highest BCUT2D eigenvalue weighted by Crippen LogP contribution is 2.27. The third-order valence-corrected chi connectivity index (χ3v) is 3.13. The van der Waals surface area contributed by atoms with Gasteiger partial charge in [-0.15, -0.1) is 0 Å². The van der Waals surface area contributed by atoms with Gasteiger partial charge in [0.25, 0.3) is 0 Å². The molecule has 0 heterocycles. The molecule has 2 aromatic carbocycles. The van der Waals surface area contributed by atoms with Crippen LogP contribution >= 0.6 is 23.2 Å². The van der Waals surface area contributed by atoms with E-state index in [1.807, 2.05) is 18.2 Å². The first kappa shape index (κ1) is 14.2. The van der Waals surface area contributed by atoms with Gasteiger partial charge in [-0.3, -0.25) is 0 Å². The molecule has 0 amide bonds. The molecule has 0 atom stereocenters. The second-order valence-corrected chi connectivity index (χ2v) is 4.93. The minimum absolute atomic E-state index is 0.538. The molecule has 1 N–H and O–H groups in total. The second-order valence-electron chi connectivity index (χ2n) is 4.09. The first-order valence-corrected chi connectivity index (χ1v) is 6.84. The molecular formula is C15H15Cl2NO. The van der Waals surface area contributed by atoms with E-state index in [1.165, 1.54) is 5.56 Å². The van der Waals surface area contributed by atoms with Crippen molar-refractivity contribution < 1.29 is 4.74 Å². The van der Waals surface area contributed by atoms with Crippen molar-refractivity contribution in [2.24, 2.45) is 0 Å². The first-order chi connectivity index (χ1) is 9.25. The zero-order valence-electron chi connectivity index (χ0n) is 10.4. The largest absolute Gasteiger partial charge is 0.491 e. The fourth-order valence-electron chi connectivity index (χ4n) is 1.65. The SMILES string of the molecule is Clc1ccc(OCCNCc2ccccc2)c(Cl)c1. The summed E-state index contributed by atoms with van der Waals surface area (Å²) in [5.74, 6) is 0.660. The average Bonchev–Trinajstić information content (AvgIpc) is 2.42. The lowest BCUT2D eigenvalue weighted by molar-refractivity contribution is 0.314. The van der Waals surface area contributed by atoms with Crippen LogP contribution < -0.4 is 10.1 Å². The number of hydrogen-bond acceptors (Lipinski definition) is 2. The van der Waals surface area contributed by atoms with E-state index in [0.29, 0.717) is 22.4 Å². The molecule has 0 spiro atoms. The minimum Gasteiger partial charge on any atom is -0.491 e. The van der Waals surface area contributed by atoms with E-state index in [1.54, 1.807) is 18.2 Å². The molecule has 2 aromatic rings. The van der Waals surface area contributed by atoms with Crippen LogP contribution in [0, 0.1) is 0 Å². The second kappa shape index (κ2) is 7.39. The lowest BCUT2D eigenvalue weighted by Crippen LogP contribution is -2.20. The zero-order valence-corrected chi connectivity index (χ0v) is 11.9. The van der Waals surface area contributed by atoms with Crippen molar-refractivity contribution >= 4 is 23.2 Å². The van der Waals surface area contributed by atoms with Gasteiger partial charge in [-0.25, -0.2) is 0 Å². The fourth-order valence-corrected chi connectivity index (χ4v) is 2.12. The first-order valence-electron chi connectivity index (χ1n) is 6.08. The van der Waals surface area contributed by atoms with Crippen LogP contribution in [0.25, 0.3) is 0 Å². The normalized spacial score (nSPS) is 10.4. The standard InChI is InChI=1S/C15H15Cl2NO/c16-13-6-7-15(14(17)10-13)19-9-8-18-11-12-4-2-1-3-5-12/h1-7,10,18H,8-9,11H2. The molecule has 0 aliphatic heterocycles. The van der Waals surface area contributed by atoms with Gasteiger partial charge in [0.1, 0.15) is 12.4 Å². The molecule has 2 rings (SSSR count). The number of ether oxygens (including phenoxy) is 1. The number of nitrogens with one attached hydrogen (secondary N) is 1. The Labute approximate surface area is 123 Å². The van der Waals surface area contributed by atoms with E-state index >= 15 is 0 Å². The van der Waals surface area contributed by atoms with Crippen molar-refractivity contribution in [1.82, 2.24) is 5.32 Å². The molecule has 4 heteroatoms. The third-order valence-electron chi connectivity index (χ3n) is 2.60.